The summed E-state index contributed by atoms with van der Waals surface area (Å²) in [6, 6.07) is 5.07. The Kier molecular flexibility index (Phi) is 6.67. The number of ether oxygens (including phenoxy) is 3. The molecule has 1 atom stereocenters. The van der Waals surface area contributed by atoms with Crippen molar-refractivity contribution in [2.45, 2.75) is 51.2 Å². The van der Waals surface area contributed by atoms with Gasteiger partial charge in [0.25, 0.3) is 5.91 Å². The molecule has 0 spiro atoms. The van der Waals surface area contributed by atoms with Crippen LogP contribution in [0.3, 0.4) is 0 Å². The van der Waals surface area contributed by atoms with Gasteiger partial charge in [-0.05, 0) is 31.9 Å². The van der Waals surface area contributed by atoms with Gasteiger partial charge in [-0.15, -0.1) is 0 Å². The van der Waals surface area contributed by atoms with Gasteiger partial charge in [-0.3, -0.25) is 4.79 Å². The minimum absolute atomic E-state index is 0.173. The molecule has 0 aromatic heterocycles. The molecule has 1 amide bonds. The third kappa shape index (κ3) is 4.65. The number of hydrogen-bond donors (Lipinski definition) is 0. The van der Waals surface area contributed by atoms with Crippen molar-refractivity contribution >= 4 is 11.9 Å². The lowest BCUT2D eigenvalue weighted by Gasteiger charge is -2.32. The topological polar surface area (TPSA) is 65.1 Å². The molecule has 6 nitrogen and oxygen atoms in total. The van der Waals surface area contributed by atoms with Gasteiger partial charge < -0.3 is 19.1 Å². The predicted molar refractivity (Wildman–Crippen MR) is 94.1 cm³/mol. The van der Waals surface area contributed by atoms with Crippen LogP contribution in [0.15, 0.2) is 18.2 Å². The molecule has 1 saturated carbocycles. The van der Waals surface area contributed by atoms with Crippen molar-refractivity contribution < 1.29 is 23.8 Å². The number of amides is 1. The number of nitrogens with zero attached hydrogens (tertiary/aromatic N) is 1. The monoisotopic (exact) mass is 349 g/mol. The zero-order chi connectivity index (χ0) is 18.4. The zero-order valence-electron chi connectivity index (χ0n) is 15.4. The molecule has 6 heteroatoms. The molecule has 0 bridgehead atoms. The Bertz CT molecular complexity index is 610. The van der Waals surface area contributed by atoms with Crippen molar-refractivity contribution in [1.29, 1.82) is 0 Å². The molecule has 0 unspecified atom stereocenters. The first kappa shape index (κ1) is 19.1. The van der Waals surface area contributed by atoms with Crippen LogP contribution in [0.5, 0.6) is 11.5 Å². The molecule has 0 saturated heterocycles. The van der Waals surface area contributed by atoms with Crippen LogP contribution in [0, 0.1) is 0 Å². The van der Waals surface area contributed by atoms with Crippen LogP contribution in [-0.4, -0.2) is 50.2 Å². The molecule has 0 radical (unpaired) electrons. The number of esters is 1. The van der Waals surface area contributed by atoms with E-state index in [4.69, 9.17) is 14.2 Å². The normalized spacial score (nSPS) is 16.0. The van der Waals surface area contributed by atoms with Gasteiger partial charge in [0.1, 0.15) is 17.1 Å². The van der Waals surface area contributed by atoms with Gasteiger partial charge in [-0.25, -0.2) is 4.79 Å². The number of rotatable bonds is 6. The van der Waals surface area contributed by atoms with E-state index in [9.17, 15) is 9.59 Å². The van der Waals surface area contributed by atoms with Gasteiger partial charge in [0.2, 0.25) is 0 Å². The summed E-state index contributed by atoms with van der Waals surface area (Å²) >= 11 is 0. The first-order valence-electron chi connectivity index (χ1n) is 8.67. The summed E-state index contributed by atoms with van der Waals surface area (Å²) in [6.07, 6.45) is 4.68. The van der Waals surface area contributed by atoms with Crippen LogP contribution in [0.25, 0.3) is 0 Å². The van der Waals surface area contributed by atoms with Crippen LogP contribution in [0.2, 0.25) is 0 Å². The number of benzene rings is 1. The Morgan fingerprint density at radius 2 is 1.80 bits per heavy atom. The number of methoxy groups -OCH3 is 2. The van der Waals surface area contributed by atoms with E-state index in [-0.39, 0.29) is 17.5 Å². The highest BCUT2D eigenvalue weighted by molar-refractivity contribution is 5.94. The van der Waals surface area contributed by atoms with Gasteiger partial charge >= 0.3 is 5.97 Å². The number of hydrogen-bond acceptors (Lipinski definition) is 5. The Morgan fingerprint density at radius 1 is 1.12 bits per heavy atom. The van der Waals surface area contributed by atoms with E-state index in [1.807, 2.05) is 0 Å². The molecule has 1 aromatic carbocycles. The first-order valence-corrected chi connectivity index (χ1v) is 8.67. The second kappa shape index (κ2) is 8.74. The number of likely N-dealkylation sites (N-methyl/N-ethyl adjacent to an activating group) is 1. The van der Waals surface area contributed by atoms with Crippen LogP contribution in [0.4, 0.5) is 0 Å². The molecule has 0 heterocycles. The SMILES string of the molecule is COc1ccc(C(=O)O[C@H](C)C(=O)N(C)C2CCCCC2)c(OC)c1. The first-order chi connectivity index (χ1) is 12.0. The Labute approximate surface area is 149 Å². The van der Waals surface area contributed by atoms with Crippen LogP contribution < -0.4 is 9.47 Å². The molecular weight excluding hydrogens is 322 g/mol. The Balaban J connectivity index is 2.02. The van der Waals surface area contributed by atoms with Crippen molar-refractivity contribution in [3.05, 3.63) is 23.8 Å². The van der Waals surface area contributed by atoms with Crippen molar-refractivity contribution in [2.75, 3.05) is 21.3 Å². The molecular formula is C19H27NO5. The molecule has 1 aromatic rings. The van der Waals surface area contributed by atoms with E-state index in [1.54, 1.807) is 37.1 Å². The van der Waals surface area contributed by atoms with Crippen molar-refractivity contribution in [3.63, 3.8) is 0 Å². The van der Waals surface area contributed by atoms with Crippen LogP contribution in [-0.2, 0) is 9.53 Å². The van der Waals surface area contributed by atoms with Crippen LogP contribution >= 0.6 is 0 Å². The fourth-order valence-electron chi connectivity index (χ4n) is 3.18. The van der Waals surface area contributed by atoms with E-state index in [0.717, 1.165) is 25.7 Å². The highest BCUT2D eigenvalue weighted by Crippen LogP contribution is 2.26. The van der Waals surface area contributed by atoms with Crippen LogP contribution in [0.1, 0.15) is 49.4 Å². The summed E-state index contributed by atoms with van der Waals surface area (Å²) < 4.78 is 15.7. The second-order valence-electron chi connectivity index (χ2n) is 6.35. The van der Waals surface area contributed by atoms with E-state index in [1.165, 1.54) is 20.6 Å². The highest BCUT2D eigenvalue weighted by Gasteiger charge is 2.28. The summed E-state index contributed by atoms with van der Waals surface area (Å²) in [4.78, 5) is 26.7. The zero-order valence-corrected chi connectivity index (χ0v) is 15.4. The molecule has 25 heavy (non-hydrogen) atoms. The van der Waals surface area contributed by atoms with E-state index in [0.29, 0.717) is 11.5 Å². The fraction of sp³-hybridized carbons (Fsp3) is 0.579. The molecule has 1 aliphatic rings. The van der Waals surface area contributed by atoms with E-state index in [2.05, 4.69) is 0 Å². The predicted octanol–water partition coefficient (Wildman–Crippen LogP) is 3.04. The third-order valence-electron chi connectivity index (χ3n) is 4.73. The number of carbonyl (C=O) groups is 2. The standard InChI is InChI=1S/C19H27NO5/c1-13(18(21)20(2)14-8-6-5-7-9-14)25-19(22)16-11-10-15(23-3)12-17(16)24-4/h10-14H,5-9H2,1-4H3/t13-/m1/s1. The lowest BCUT2D eigenvalue weighted by atomic mass is 9.94. The lowest BCUT2D eigenvalue weighted by molar-refractivity contribution is -0.141. The summed E-state index contributed by atoms with van der Waals surface area (Å²) in [5.74, 6) is 0.171. The summed E-state index contributed by atoms with van der Waals surface area (Å²) in [5.41, 5.74) is 0.267. The lowest BCUT2D eigenvalue weighted by Crippen LogP contribution is -2.44. The van der Waals surface area contributed by atoms with E-state index < -0.39 is 12.1 Å². The van der Waals surface area contributed by atoms with Gasteiger partial charge in [-0.2, -0.15) is 0 Å². The molecule has 2 rings (SSSR count). The maximum atomic E-state index is 12.6. The second-order valence-corrected chi connectivity index (χ2v) is 6.35. The minimum Gasteiger partial charge on any atom is -0.497 e. The quantitative estimate of drug-likeness (QED) is 0.739. The smallest absolute Gasteiger partial charge is 0.342 e. The largest absolute Gasteiger partial charge is 0.497 e. The fourth-order valence-corrected chi connectivity index (χ4v) is 3.18. The summed E-state index contributed by atoms with van der Waals surface area (Å²) in [7, 11) is 4.79. The molecule has 138 valence electrons. The molecule has 0 aliphatic heterocycles. The maximum Gasteiger partial charge on any atom is 0.342 e. The van der Waals surface area contributed by atoms with Crippen molar-refractivity contribution in [1.82, 2.24) is 4.90 Å². The third-order valence-corrected chi connectivity index (χ3v) is 4.73. The van der Waals surface area contributed by atoms with Crippen molar-refractivity contribution in [2.24, 2.45) is 0 Å². The van der Waals surface area contributed by atoms with Gasteiger partial charge in [0.15, 0.2) is 6.10 Å². The van der Waals surface area contributed by atoms with E-state index >= 15 is 0 Å². The van der Waals surface area contributed by atoms with Crippen molar-refractivity contribution in [3.8, 4) is 11.5 Å². The van der Waals surface area contributed by atoms with Gasteiger partial charge in [0, 0.05) is 19.2 Å². The average Bonchev–Trinajstić information content (AvgIpc) is 2.66. The number of carbonyl (C=O) groups excluding carboxylic acids is 2. The molecule has 0 N–H and O–H groups in total. The Hall–Kier alpha value is -2.24. The Morgan fingerprint density at radius 3 is 2.40 bits per heavy atom. The van der Waals surface area contributed by atoms with Gasteiger partial charge in [0.05, 0.1) is 14.2 Å². The maximum absolute atomic E-state index is 12.6. The highest BCUT2D eigenvalue weighted by atomic mass is 16.5. The summed E-state index contributed by atoms with van der Waals surface area (Å²) in [5, 5.41) is 0. The minimum atomic E-state index is -0.841. The molecule has 1 fully saturated rings. The summed E-state index contributed by atoms with van der Waals surface area (Å²) in [6.45, 7) is 1.61. The molecule has 1 aliphatic carbocycles. The average molecular weight is 349 g/mol. The van der Waals surface area contributed by atoms with Gasteiger partial charge in [-0.1, -0.05) is 19.3 Å².